The molecule has 0 saturated carbocycles. The second-order valence-electron chi connectivity index (χ2n) is 6.17. The quantitative estimate of drug-likeness (QED) is 0.740. The number of nitrogens with one attached hydrogen (secondary N) is 1. The Morgan fingerprint density at radius 3 is 2.58 bits per heavy atom. The first-order valence-corrected chi connectivity index (χ1v) is 8.13. The number of aromatic amines is 1. The van der Waals surface area contributed by atoms with Crippen LogP contribution in [0.1, 0.15) is 35.7 Å². The summed E-state index contributed by atoms with van der Waals surface area (Å²) in [6.45, 7) is 3.66. The molecule has 2 N–H and O–H groups in total. The van der Waals surface area contributed by atoms with Gasteiger partial charge in [-0.05, 0) is 49.1 Å². The molecule has 0 aliphatic carbocycles. The standard InChI is InChI=1S/C18H17F3N2O3/c1-3-11-9(2)16-17(26)22-12-8-10(18(19,20)21)4-5-14(12)23(16)13(11)6-7-15(24)25/h4-5,8H,3,6-7H2,1-2H3,(H,22,26)(H,24,25). The van der Waals surface area contributed by atoms with E-state index in [2.05, 4.69) is 4.98 Å². The lowest BCUT2D eigenvalue weighted by Gasteiger charge is -2.11. The maximum absolute atomic E-state index is 13.0. The highest BCUT2D eigenvalue weighted by atomic mass is 19.4. The van der Waals surface area contributed by atoms with E-state index in [9.17, 15) is 22.8 Å². The number of aryl methyl sites for hydroxylation is 2. The summed E-state index contributed by atoms with van der Waals surface area (Å²) in [6, 6.07) is 3.17. The zero-order valence-corrected chi connectivity index (χ0v) is 14.2. The molecule has 3 aromatic rings. The van der Waals surface area contributed by atoms with Crippen molar-refractivity contribution in [1.82, 2.24) is 9.38 Å². The third-order valence-electron chi connectivity index (χ3n) is 4.61. The van der Waals surface area contributed by atoms with E-state index < -0.39 is 23.3 Å². The molecule has 0 aliphatic heterocycles. The molecule has 3 rings (SSSR count). The third kappa shape index (κ3) is 2.85. The van der Waals surface area contributed by atoms with Gasteiger partial charge in [0.05, 0.1) is 23.0 Å². The van der Waals surface area contributed by atoms with Crippen molar-refractivity contribution < 1.29 is 23.1 Å². The molecule has 0 saturated heterocycles. The zero-order chi connectivity index (χ0) is 19.2. The molecular weight excluding hydrogens is 349 g/mol. The van der Waals surface area contributed by atoms with E-state index in [1.807, 2.05) is 6.92 Å². The first-order chi connectivity index (χ1) is 12.1. The summed E-state index contributed by atoms with van der Waals surface area (Å²) >= 11 is 0. The van der Waals surface area contributed by atoms with Crippen molar-refractivity contribution in [2.75, 3.05) is 0 Å². The summed E-state index contributed by atoms with van der Waals surface area (Å²) in [7, 11) is 0. The Labute approximate surface area is 146 Å². The summed E-state index contributed by atoms with van der Waals surface area (Å²) in [5.41, 5.74) is 1.69. The maximum atomic E-state index is 13.0. The minimum Gasteiger partial charge on any atom is -0.481 e. The smallest absolute Gasteiger partial charge is 0.416 e. The Hall–Kier alpha value is -2.77. The Morgan fingerprint density at radius 2 is 2.00 bits per heavy atom. The Bertz CT molecular complexity index is 1080. The van der Waals surface area contributed by atoms with Crippen LogP contribution in [-0.2, 0) is 23.8 Å². The number of carboxylic acid groups (broad SMARTS) is 1. The van der Waals surface area contributed by atoms with Crippen LogP contribution in [0.4, 0.5) is 13.2 Å². The summed E-state index contributed by atoms with van der Waals surface area (Å²) in [5, 5.41) is 9.01. The van der Waals surface area contributed by atoms with Gasteiger partial charge in [0.1, 0.15) is 5.52 Å². The number of benzene rings is 1. The van der Waals surface area contributed by atoms with Crippen molar-refractivity contribution in [2.24, 2.45) is 0 Å². The van der Waals surface area contributed by atoms with Crippen LogP contribution in [-0.4, -0.2) is 20.5 Å². The molecule has 8 heteroatoms. The van der Waals surface area contributed by atoms with Gasteiger partial charge >= 0.3 is 12.1 Å². The van der Waals surface area contributed by atoms with Crippen LogP contribution in [0, 0.1) is 6.92 Å². The number of aromatic nitrogens is 2. The van der Waals surface area contributed by atoms with E-state index in [-0.39, 0.29) is 18.4 Å². The van der Waals surface area contributed by atoms with Gasteiger partial charge in [0.2, 0.25) is 0 Å². The molecule has 0 radical (unpaired) electrons. The van der Waals surface area contributed by atoms with Crippen molar-refractivity contribution in [3.63, 3.8) is 0 Å². The van der Waals surface area contributed by atoms with Gasteiger partial charge in [0, 0.05) is 5.69 Å². The van der Waals surface area contributed by atoms with Crippen molar-refractivity contribution in [2.45, 2.75) is 39.3 Å². The lowest BCUT2D eigenvalue weighted by atomic mass is 10.1. The van der Waals surface area contributed by atoms with Gasteiger partial charge in [0.25, 0.3) is 5.56 Å². The fourth-order valence-corrected chi connectivity index (χ4v) is 3.48. The lowest BCUT2D eigenvalue weighted by Crippen LogP contribution is -2.13. The average molecular weight is 366 g/mol. The van der Waals surface area contributed by atoms with Crippen molar-refractivity contribution in [3.8, 4) is 0 Å². The number of rotatable bonds is 4. The highest BCUT2D eigenvalue weighted by molar-refractivity contribution is 5.81. The number of H-pyrrole nitrogens is 1. The fraction of sp³-hybridized carbons (Fsp3) is 0.333. The molecule has 138 valence electrons. The molecule has 0 amide bonds. The molecule has 0 spiro atoms. The minimum atomic E-state index is -4.52. The number of fused-ring (bicyclic) bond motifs is 3. The number of halogens is 3. The molecule has 2 aromatic heterocycles. The number of hydrogen-bond donors (Lipinski definition) is 2. The summed E-state index contributed by atoms with van der Waals surface area (Å²) < 4.78 is 40.5. The van der Waals surface area contributed by atoms with Crippen molar-refractivity contribution in [3.05, 3.63) is 50.9 Å². The molecule has 0 aliphatic rings. The van der Waals surface area contributed by atoms with E-state index in [0.29, 0.717) is 23.1 Å². The largest absolute Gasteiger partial charge is 0.481 e. The second kappa shape index (κ2) is 6.19. The molecular formula is C18H17F3N2O3. The van der Waals surface area contributed by atoms with E-state index in [1.165, 1.54) is 6.07 Å². The highest BCUT2D eigenvalue weighted by Gasteiger charge is 2.31. The minimum absolute atomic E-state index is 0.0616. The Kier molecular flexibility index (Phi) is 4.29. The normalized spacial score (nSPS) is 12.2. The van der Waals surface area contributed by atoms with Crippen LogP contribution in [0.2, 0.25) is 0 Å². The van der Waals surface area contributed by atoms with Gasteiger partial charge < -0.3 is 14.5 Å². The maximum Gasteiger partial charge on any atom is 0.416 e. The van der Waals surface area contributed by atoms with Gasteiger partial charge in [-0.3, -0.25) is 9.59 Å². The lowest BCUT2D eigenvalue weighted by molar-refractivity contribution is -0.138. The monoisotopic (exact) mass is 366 g/mol. The third-order valence-corrected chi connectivity index (χ3v) is 4.61. The van der Waals surface area contributed by atoms with Crippen LogP contribution in [0.3, 0.4) is 0 Å². The van der Waals surface area contributed by atoms with Crippen LogP contribution >= 0.6 is 0 Å². The van der Waals surface area contributed by atoms with Gasteiger partial charge in [-0.2, -0.15) is 13.2 Å². The number of carboxylic acids is 1. The number of carbonyl (C=O) groups is 1. The van der Waals surface area contributed by atoms with Crippen LogP contribution in [0.25, 0.3) is 16.6 Å². The predicted octanol–water partition coefficient (Wildman–Crippen LogP) is 3.69. The molecule has 0 fully saturated rings. The highest BCUT2D eigenvalue weighted by Crippen LogP contribution is 2.32. The van der Waals surface area contributed by atoms with E-state index in [0.717, 1.165) is 23.3 Å². The predicted molar refractivity (Wildman–Crippen MR) is 90.6 cm³/mol. The van der Waals surface area contributed by atoms with Gasteiger partial charge in [0.15, 0.2) is 0 Å². The molecule has 2 heterocycles. The van der Waals surface area contributed by atoms with Crippen molar-refractivity contribution >= 4 is 22.5 Å². The van der Waals surface area contributed by atoms with Crippen LogP contribution < -0.4 is 5.56 Å². The Morgan fingerprint density at radius 1 is 1.31 bits per heavy atom. The zero-order valence-electron chi connectivity index (χ0n) is 14.2. The SMILES string of the molecule is CCc1c(C)c2c(=O)[nH]c3cc(C(F)(F)F)ccc3n2c1CCC(=O)O. The second-order valence-corrected chi connectivity index (χ2v) is 6.17. The van der Waals surface area contributed by atoms with E-state index in [1.54, 1.807) is 11.3 Å². The molecule has 0 unspecified atom stereocenters. The summed E-state index contributed by atoms with van der Waals surface area (Å²) in [5.74, 6) is -0.979. The number of nitrogens with zero attached hydrogens (tertiary/aromatic N) is 1. The van der Waals surface area contributed by atoms with Crippen molar-refractivity contribution in [1.29, 1.82) is 0 Å². The first kappa shape index (κ1) is 18.0. The number of hydrogen-bond acceptors (Lipinski definition) is 2. The molecule has 0 bridgehead atoms. The molecule has 1 aromatic carbocycles. The van der Waals surface area contributed by atoms with Gasteiger partial charge in [-0.1, -0.05) is 6.92 Å². The number of alkyl halides is 3. The molecule has 26 heavy (non-hydrogen) atoms. The first-order valence-electron chi connectivity index (χ1n) is 8.13. The van der Waals surface area contributed by atoms with Crippen LogP contribution in [0.5, 0.6) is 0 Å². The molecule has 0 atom stereocenters. The molecule has 5 nitrogen and oxygen atoms in total. The topological polar surface area (TPSA) is 74.6 Å². The van der Waals surface area contributed by atoms with E-state index >= 15 is 0 Å². The van der Waals surface area contributed by atoms with Crippen LogP contribution in [0.15, 0.2) is 23.0 Å². The van der Waals surface area contributed by atoms with Gasteiger partial charge in [-0.25, -0.2) is 0 Å². The van der Waals surface area contributed by atoms with E-state index in [4.69, 9.17) is 5.11 Å². The number of aliphatic carboxylic acids is 1. The van der Waals surface area contributed by atoms with Gasteiger partial charge in [-0.15, -0.1) is 0 Å². The average Bonchev–Trinajstić information content (AvgIpc) is 2.84. The fourth-order valence-electron chi connectivity index (χ4n) is 3.48. The Balaban J connectivity index is 2.40. The summed E-state index contributed by atoms with van der Waals surface area (Å²) in [6.07, 6.45) is -3.88. The summed E-state index contributed by atoms with van der Waals surface area (Å²) in [4.78, 5) is 26.0.